The molecule has 2 amide bonds. The molecule has 2 aromatic carbocycles. The lowest BCUT2D eigenvalue weighted by atomic mass is 10.1. The van der Waals surface area contributed by atoms with Crippen molar-refractivity contribution >= 4 is 53.2 Å². The molecule has 0 saturated carbocycles. The molecule has 0 atom stereocenters. The molecule has 1 heterocycles. The summed E-state index contributed by atoms with van der Waals surface area (Å²) in [4.78, 5) is 33.7. The van der Waals surface area contributed by atoms with Crippen molar-refractivity contribution in [3.63, 3.8) is 0 Å². The van der Waals surface area contributed by atoms with E-state index in [1.807, 2.05) is 12.1 Å². The number of benzene rings is 2. The van der Waals surface area contributed by atoms with Gasteiger partial charge in [-0.2, -0.15) is 0 Å². The third kappa shape index (κ3) is 5.59. The van der Waals surface area contributed by atoms with Crippen LogP contribution in [0.4, 0.5) is 11.4 Å². The number of pyridine rings is 1. The Bertz CT molecular complexity index is 1110. The highest BCUT2D eigenvalue weighted by atomic mass is 35.5. The molecule has 7 nitrogen and oxygen atoms in total. The van der Waals surface area contributed by atoms with Crippen LogP contribution in [-0.2, 0) is 11.3 Å². The van der Waals surface area contributed by atoms with Gasteiger partial charge in [-0.3, -0.25) is 14.6 Å². The second-order valence-electron chi connectivity index (χ2n) is 6.57. The average molecular weight is 457 g/mol. The molecule has 9 heteroatoms. The van der Waals surface area contributed by atoms with Crippen LogP contribution in [0.3, 0.4) is 0 Å². The zero-order valence-electron chi connectivity index (χ0n) is 16.4. The number of aliphatic imine (C=N–C) groups is 1. The number of phenols is 1. The molecule has 0 aliphatic heterocycles. The van der Waals surface area contributed by atoms with Gasteiger partial charge < -0.3 is 15.3 Å². The van der Waals surface area contributed by atoms with E-state index < -0.39 is 5.91 Å². The number of aromatic nitrogens is 1. The molecular formula is C22H18Cl2N4O3. The first-order chi connectivity index (χ1) is 14.9. The molecule has 1 aromatic heterocycles. The monoisotopic (exact) mass is 456 g/mol. The van der Waals surface area contributed by atoms with E-state index in [9.17, 15) is 14.7 Å². The SMILES string of the molecule is Cc1c(N=CN(C=O)Cc2ccncc2)cccc1NC(=O)c1cc(Cl)c(O)c(Cl)c1. The zero-order valence-corrected chi connectivity index (χ0v) is 17.9. The lowest BCUT2D eigenvalue weighted by Gasteiger charge is -2.13. The minimum Gasteiger partial charge on any atom is -0.505 e. The molecular weight excluding hydrogens is 439 g/mol. The molecule has 0 spiro atoms. The van der Waals surface area contributed by atoms with Crippen molar-refractivity contribution in [2.45, 2.75) is 13.5 Å². The Morgan fingerprint density at radius 1 is 1.19 bits per heavy atom. The van der Waals surface area contributed by atoms with E-state index in [1.165, 1.54) is 23.4 Å². The Hall–Kier alpha value is -3.42. The highest BCUT2D eigenvalue weighted by molar-refractivity contribution is 6.37. The van der Waals surface area contributed by atoms with Crippen molar-refractivity contribution < 1.29 is 14.7 Å². The van der Waals surface area contributed by atoms with Gasteiger partial charge in [0.2, 0.25) is 6.41 Å². The minimum atomic E-state index is -0.444. The Morgan fingerprint density at radius 2 is 1.87 bits per heavy atom. The molecule has 158 valence electrons. The molecule has 3 aromatic rings. The maximum absolute atomic E-state index is 12.6. The largest absolute Gasteiger partial charge is 0.505 e. The standard InChI is InChI=1S/C22H18Cl2N4O3/c1-14-19(26-12-28(13-29)11-15-5-7-25-8-6-15)3-2-4-20(14)27-22(31)16-9-17(23)21(30)18(24)10-16/h2-10,12-13,30H,11H2,1H3,(H,27,31). The number of halogens is 2. The maximum atomic E-state index is 12.6. The molecule has 0 bridgehead atoms. The van der Waals surface area contributed by atoms with Crippen molar-refractivity contribution in [2.24, 2.45) is 4.99 Å². The summed E-state index contributed by atoms with van der Waals surface area (Å²) in [7, 11) is 0. The summed E-state index contributed by atoms with van der Waals surface area (Å²) in [5, 5.41) is 12.4. The first-order valence-electron chi connectivity index (χ1n) is 9.12. The van der Waals surface area contributed by atoms with Gasteiger partial charge in [-0.1, -0.05) is 29.3 Å². The number of carbonyl (C=O) groups excluding carboxylic acids is 2. The molecule has 0 fully saturated rings. The second-order valence-corrected chi connectivity index (χ2v) is 7.38. The second kappa shape index (κ2) is 10.1. The first kappa shape index (κ1) is 22.3. The molecule has 0 saturated heterocycles. The van der Waals surface area contributed by atoms with E-state index in [0.29, 0.717) is 29.9 Å². The van der Waals surface area contributed by atoms with Crippen molar-refractivity contribution in [3.05, 3.63) is 81.6 Å². The normalized spacial score (nSPS) is 10.8. The number of amides is 2. The predicted octanol–water partition coefficient (Wildman–Crippen LogP) is 4.97. The van der Waals surface area contributed by atoms with Crippen molar-refractivity contribution in [1.82, 2.24) is 9.88 Å². The van der Waals surface area contributed by atoms with E-state index in [2.05, 4.69) is 15.3 Å². The van der Waals surface area contributed by atoms with Crippen molar-refractivity contribution in [2.75, 3.05) is 5.32 Å². The van der Waals surface area contributed by atoms with Gasteiger partial charge in [0.25, 0.3) is 5.91 Å². The van der Waals surface area contributed by atoms with Crippen LogP contribution in [0.1, 0.15) is 21.5 Å². The summed E-state index contributed by atoms with van der Waals surface area (Å²) < 4.78 is 0. The molecule has 0 unspecified atom stereocenters. The lowest BCUT2D eigenvalue weighted by molar-refractivity contribution is -0.115. The van der Waals surface area contributed by atoms with Gasteiger partial charge in [0.15, 0.2) is 5.75 Å². The van der Waals surface area contributed by atoms with Crippen LogP contribution in [0, 0.1) is 6.92 Å². The summed E-state index contributed by atoms with van der Waals surface area (Å²) >= 11 is 11.8. The summed E-state index contributed by atoms with van der Waals surface area (Å²) in [6, 6.07) is 11.5. The van der Waals surface area contributed by atoms with Crippen molar-refractivity contribution in [1.29, 1.82) is 0 Å². The predicted molar refractivity (Wildman–Crippen MR) is 121 cm³/mol. The first-order valence-corrected chi connectivity index (χ1v) is 9.87. The smallest absolute Gasteiger partial charge is 0.255 e. The topological polar surface area (TPSA) is 94.9 Å². The number of carbonyl (C=O) groups is 2. The Morgan fingerprint density at radius 3 is 2.52 bits per heavy atom. The maximum Gasteiger partial charge on any atom is 0.255 e. The van der Waals surface area contributed by atoms with Crippen LogP contribution in [0.2, 0.25) is 10.0 Å². The fourth-order valence-electron chi connectivity index (χ4n) is 2.73. The summed E-state index contributed by atoms with van der Waals surface area (Å²) in [6.45, 7) is 2.15. The highest BCUT2D eigenvalue weighted by Gasteiger charge is 2.14. The average Bonchev–Trinajstić information content (AvgIpc) is 2.77. The van der Waals surface area contributed by atoms with E-state index in [4.69, 9.17) is 23.2 Å². The Labute approximate surface area is 189 Å². The number of anilines is 1. The van der Waals surface area contributed by atoms with E-state index in [-0.39, 0.29) is 21.4 Å². The number of nitrogens with zero attached hydrogens (tertiary/aromatic N) is 3. The van der Waals surface area contributed by atoms with Gasteiger partial charge >= 0.3 is 0 Å². The summed E-state index contributed by atoms with van der Waals surface area (Å²) in [5.74, 6) is -0.723. The number of aromatic hydroxyl groups is 1. The summed E-state index contributed by atoms with van der Waals surface area (Å²) in [6.07, 6.45) is 5.42. The lowest BCUT2D eigenvalue weighted by Crippen LogP contribution is -2.19. The van der Waals surface area contributed by atoms with Gasteiger partial charge in [0.05, 0.1) is 28.6 Å². The Kier molecular flexibility index (Phi) is 7.23. The molecule has 31 heavy (non-hydrogen) atoms. The molecule has 0 aliphatic rings. The highest BCUT2D eigenvalue weighted by Crippen LogP contribution is 2.33. The van der Waals surface area contributed by atoms with Crippen LogP contribution in [0.25, 0.3) is 0 Å². The van der Waals surface area contributed by atoms with Crippen molar-refractivity contribution in [3.8, 4) is 5.75 Å². The number of nitrogens with one attached hydrogen (secondary N) is 1. The zero-order chi connectivity index (χ0) is 22.4. The number of hydrogen-bond acceptors (Lipinski definition) is 5. The van der Waals surface area contributed by atoms with Gasteiger partial charge in [-0.05, 0) is 54.4 Å². The van der Waals surface area contributed by atoms with Gasteiger partial charge in [-0.15, -0.1) is 0 Å². The van der Waals surface area contributed by atoms with Gasteiger partial charge in [0.1, 0.15) is 0 Å². The van der Waals surface area contributed by atoms with E-state index in [0.717, 1.165) is 5.56 Å². The number of phenolic OH excluding ortho intramolecular Hbond substituents is 1. The van der Waals surface area contributed by atoms with Crippen LogP contribution >= 0.6 is 23.2 Å². The van der Waals surface area contributed by atoms with Crippen LogP contribution in [0.5, 0.6) is 5.75 Å². The van der Waals surface area contributed by atoms with E-state index in [1.54, 1.807) is 37.5 Å². The van der Waals surface area contributed by atoms with Crippen LogP contribution < -0.4 is 5.32 Å². The fourth-order valence-corrected chi connectivity index (χ4v) is 3.22. The number of hydrogen-bond donors (Lipinski definition) is 2. The van der Waals surface area contributed by atoms with Gasteiger partial charge in [-0.25, -0.2) is 4.99 Å². The third-order valence-electron chi connectivity index (χ3n) is 4.43. The van der Waals surface area contributed by atoms with Gasteiger partial charge in [0, 0.05) is 23.6 Å². The minimum absolute atomic E-state index is 0.0177. The molecule has 2 N–H and O–H groups in total. The quantitative estimate of drug-likeness (QED) is 0.298. The molecule has 0 aliphatic carbocycles. The summed E-state index contributed by atoms with van der Waals surface area (Å²) in [5.41, 5.74) is 2.94. The number of rotatable bonds is 7. The van der Waals surface area contributed by atoms with E-state index >= 15 is 0 Å². The molecule has 0 radical (unpaired) electrons. The van der Waals surface area contributed by atoms with Crippen LogP contribution in [0.15, 0.2) is 59.9 Å². The molecule has 3 rings (SSSR count). The third-order valence-corrected chi connectivity index (χ3v) is 5.00. The fraction of sp³-hybridized carbons (Fsp3) is 0.0909. The van der Waals surface area contributed by atoms with Crippen LogP contribution in [-0.4, -0.2) is 33.6 Å². The Balaban J connectivity index is 1.77.